The van der Waals surface area contributed by atoms with Gasteiger partial charge in [0.25, 0.3) is 0 Å². The van der Waals surface area contributed by atoms with Crippen molar-refractivity contribution >= 4 is 11.7 Å². The van der Waals surface area contributed by atoms with Crippen molar-refractivity contribution in [3.05, 3.63) is 48.5 Å². The molecule has 3 rings (SSSR count). The van der Waals surface area contributed by atoms with Crippen molar-refractivity contribution in [2.24, 2.45) is 0 Å². The van der Waals surface area contributed by atoms with Gasteiger partial charge >= 0.3 is 6.03 Å². The molecule has 1 aliphatic heterocycles. The van der Waals surface area contributed by atoms with Crippen LogP contribution >= 0.6 is 0 Å². The number of morpholine rings is 1. The second-order valence-electron chi connectivity index (χ2n) is 6.44. The van der Waals surface area contributed by atoms with E-state index < -0.39 is 0 Å². The summed E-state index contributed by atoms with van der Waals surface area (Å²) in [6.07, 6.45) is 7.33. The summed E-state index contributed by atoms with van der Waals surface area (Å²) in [4.78, 5) is 18.3. The number of anilines is 1. The molecule has 0 unspecified atom stereocenters. The lowest BCUT2D eigenvalue weighted by Gasteiger charge is -2.26. The average molecular weight is 357 g/mol. The predicted octanol–water partition coefficient (Wildman–Crippen LogP) is 1.97. The quantitative estimate of drug-likeness (QED) is 0.709. The van der Waals surface area contributed by atoms with Gasteiger partial charge in [0, 0.05) is 50.8 Å². The molecule has 1 aromatic carbocycles. The summed E-state index contributed by atoms with van der Waals surface area (Å²) in [6.45, 7) is 6.22. The van der Waals surface area contributed by atoms with E-state index >= 15 is 0 Å². The third-order valence-electron chi connectivity index (χ3n) is 4.47. The average Bonchev–Trinajstić information content (AvgIpc) is 3.19. The maximum atomic E-state index is 11.9. The van der Waals surface area contributed by atoms with Crippen LogP contribution in [0, 0.1) is 0 Å². The van der Waals surface area contributed by atoms with Gasteiger partial charge in [-0.1, -0.05) is 12.1 Å². The molecule has 140 valence electrons. The number of carbonyl (C=O) groups is 1. The first-order valence-electron chi connectivity index (χ1n) is 9.19. The van der Waals surface area contributed by atoms with Gasteiger partial charge in [0.2, 0.25) is 0 Å². The number of hydrogen-bond acceptors (Lipinski definition) is 4. The van der Waals surface area contributed by atoms with Crippen LogP contribution in [-0.4, -0.2) is 59.9 Å². The van der Waals surface area contributed by atoms with Crippen molar-refractivity contribution in [2.45, 2.75) is 19.4 Å². The van der Waals surface area contributed by atoms with Crippen LogP contribution in [-0.2, 0) is 17.7 Å². The van der Waals surface area contributed by atoms with E-state index in [0.29, 0.717) is 6.54 Å². The molecule has 0 aliphatic carbocycles. The molecule has 1 fully saturated rings. The predicted molar refractivity (Wildman–Crippen MR) is 101 cm³/mol. The molecule has 1 aromatic heterocycles. The Bertz CT molecular complexity index is 651. The van der Waals surface area contributed by atoms with Gasteiger partial charge in [-0.3, -0.25) is 4.90 Å². The van der Waals surface area contributed by atoms with Crippen LogP contribution < -0.4 is 10.6 Å². The monoisotopic (exact) mass is 357 g/mol. The van der Waals surface area contributed by atoms with Gasteiger partial charge < -0.3 is 19.9 Å². The lowest BCUT2D eigenvalue weighted by Crippen LogP contribution is -2.37. The number of rotatable bonds is 8. The smallest absolute Gasteiger partial charge is 0.319 e. The van der Waals surface area contributed by atoms with Crippen LogP contribution in [0.2, 0.25) is 0 Å². The van der Waals surface area contributed by atoms with Crippen LogP contribution in [0.4, 0.5) is 10.5 Å². The van der Waals surface area contributed by atoms with Crippen molar-refractivity contribution in [1.29, 1.82) is 0 Å². The van der Waals surface area contributed by atoms with E-state index in [1.807, 2.05) is 22.9 Å². The van der Waals surface area contributed by atoms with Crippen LogP contribution in [0.5, 0.6) is 0 Å². The fourth-order valence-electron chi connectivity index (χ4n) is 2.92. The summed E-state index contributed by atoms with van der Waals surface area (Å²) in [6, 6.07) is 7.90. The summed E-state index contributed by atoms with van der Waals surface area (Å²) < 4.78 is 7.36. The van der Waals surface area contributed by atoms with Gasteiger partial charge in [0.1, 0.15) is 0 Å². The number of imidazole rings is 1. The van der Waals surface area contributed by atoms with E-state index in [1.54, 1.807) is 12.5 Å². The number of ether oxygens (including phenoxy) is 1. The molecule has 0 bridgehead atoms. The summed E-state index contributed by atoms with van der Waals surface area (Å²) in [5, 5.41) is 5.75. The lowest BCUT2D eigenvalue weighted by molar-refractivity contribution is 0.0384. The third-order valence-corrected chi connectivity index (χ3v) is 4.47. The number of benzene rings is 1. The highest BCUT2D eigenvalue weighted by Gasteiger charge is 2.09. The van der Waals surface area contributed by atoms with Gasteiger partial charge in [-0.05, 0) is 30.5 Å². The summed E-state index contributed by atoms with van der Waals surface area (Å²) in [5.74, 6) is 0. The molecule has 1 saturated heterocycles. The van der Waals surface area contributed by atoms with Crippen LogP contribution in [0.25, 0.3) is 0 Å². The fraction of sp³-hybridized carbons (Fsp3) is 0.474. The minimum Gasteiger partial charge on any atom is -0.379 e. The molecule has 2 aromatic rings. The number of amides is 2. The highest BCUT2D eigenvalue weighted by Crippen LogP contribution is 2.11. The van der Waals surface area contributed by atoms with Crippen molar-refractivity contribution in [3.63, 3.8) is 0 Å². The zero-order chi connectivity index (χ0) is 18.0. The van der Waals surface area contributed by atoms with E-state index in [9.17, 15) is 4.79 Å². The highest BCUT2D eigenvalue weighted by molar-refractivity contribution is 5.89. The first-order valence-corrected chi connectivity index (χ1v) is 9.19. The Morgan fingerprint density at radius 3 is 2.69 bits per heavy atom. The van der Waals surface area contributed by atoms with Gasteiger partial charge in [0.05, 0.1) is 19.5 Å². The molecule has 0 spiro atoms. The fourth-order valence-corrected chi connectivity index (χ4v) is 2.92. The third kappa shape index (κ3) is 6.16. The molecule has 1 aliphatic rings. The number of aromatic nitrogens is 2. The summed E-state index contributed by atoms with van der Waals surface area (Å²) in [5.41, 5.74) is 2.09. The summed E-state index contributed by atoms with van der Waals surface area (Å²) >= 11 is 0. The molecule has 7 nitrogen and oxygen atoms in total. The van der Waals surface area contributed by atoms with E-state index in [4.69, 9.17) is 4.74 Å². The van der Waals surface area contributed by atoms with Crippen molar-refractivity contribution in [3.8, 4) is 0 Å². The van der Waals surface area contributed by atoms with Gasteiger partial charge in [-0.15, -0.1) is 0 Å². The molecule has 0 radical (unpaired) electrons. The Morgan fingerprint density at radius 2 is 1.96 bits per heavy atom. The van der Waals surface area contributed by atoms with Gasteiger partial charge in [-0.2, -0.15) is 0 Å². The SMILES string of the molecule is O=C(NCCCn1ccnc1)Nc1ccc(CCN2CCOCC2)cc1. The number of nitrogens with zero attached hydrogens (tertiary/aromatic N) is 3. The Morgan fingerprint density at radius 1 is 1.15 bits per heavy atom. The number of urea groups is 1. The molecule has 0 atom stereocenters. The maximum Gasteiger partial charge on any atom is 0.319 e. The molecular formula is C19H27N5O2. The zero-order valence-corrected chi connectivity index (χ0v) is 15.1. The Hall–Kier alpha value is -2.38. The normalized spacial score (nSPS) is 14.9. The first-order chi connectivity index (χ1) is 12.8. The van der Waals surface area contributed by atoms with Crippen LogP contribution in [0.3, 0.4) is 0 Å². The van der Waals surface area contributed by atoms with Gasteiger partial charge in [0.15, 0.2) is 0 Å². The highest BCUT2D eigenvalue weighted by atomic mass is 16.5. The molecule has 26 heavy (non-hydrogen) atoms. The zero-order valence-electron chi connectivity index (χ0n) is 15.1. The minimum atomic E-state index is -0.170. The maximum absolute atomic E-state index is 11.9. The molecule has 2 heterocycles. The van der Waals surface area contributed by atoms with Gasteiger partial charge in [-0.25, -0.2) is 9.78 Å². The number of hydrogen-bond donors (Lipinski definition) is 2. The lowest BCUT2D eigenvalue weighted by atomic mass is 10.1. The van der Waals surface area contributed by atoms with Crippen molar-refractivity contribution in [1.82, 2.24) is 19.8 Å². The molecule has 2 N–H and O–H groups in total. The number of aryl methyl sites for hydroxylation is 1. The molecular weight excluding hydrogens is 330 g/mol. The molecule has 2 amide bonds. The number of nitrogens with one attached hydrogen (secondary N) is 2. The Labute approximate surface area is 154 Å². The Balaban J connectivity index is 1.33. The first kappa shape index (κ1) is 18.4. The van der Waals surface area contributed by atoms with Crippen LogP contribution in [0.1, 0.15) is 12.0 Å². The topological polar surface area (TPSA) is 71.4 Å². The minimum absolute atomic E-state index is 0.170. The van der Waals surface area contributed by atoms with E-state index in [2.05, 4.69) is 32.7 Å². The molecule has 0 saturated carbocycles. The second-order valence-corrected chi connectivity index (χ2v) is 6.44. The second kappa shape index (κ2) is 9.94. The standard InChI is InChI=1S/C19H27N5O2/c25-19(21-7-1-9-24-11-8-20-16-24)22-18-4-2-17(3-5-18)6-10-23-12-14-26-15-13-23/h2-5,8,11,16H,1,6-7,9-10,12-15H2,(H2,21,22,25). The van der Waals surface area contributed by atoms with Crippen LogP contribution in [0.15, 0.2) is 43.0 Å². The van der Waals surface area contributed by atoms with Crippen molar-refractivity contribution in [2.75, 3.05) is 44.7 Å². The summed E-state index contributed by atoms with van der Waals surface area (Å²) in [7, 11) is 0. The van der Waals surface area contributed by atoms with E-state index in [1.165, 1.54) is 5.56 Å². The van der Waals surface area contributed by atoms with E-state index in [0.717, 1.165) is 57.9 Å². The largest absolute Gasteiger partial charge is 0.379 e. The van der Waals surface area contributed by atoms with E-state index in [-0.39, 0.29) is 6.03 Å². The Kier molecular flexibility index (Phi) is 7.04. The number of carbonyl (C=O) groups excluding carboxylic acids is 1. The molecule has 7 heteroatoms. The van der Waals surface area contributed by atoms with Crippen molar-refractivity contribution < 1.29 is 9.53 Å².